The normalized spacial score (nSPS) is 24.2. The number of thioether (sulfide) groups is 1. The van der Waals surface area contributed by atoms with E-state index in [1.807, 2.05) is 19.9 Å². The summed E-state index contributed by atoms with van der Waals surface area (Å²) in [6.45, 7) is 8.43. The molecule has 1 saturated carbocycles. The van der Waals surface area contributed by atoms with Crippen molar-refractivity contribution >= 4 is 23.4 Å². The van der Waals surface area contributed by atoms with Crippen molar-refractivity contribution in [3.63, 3.8) is 0 Å². The van der Waals surface area contributed by atoms with Crippen LogP contribution in [0.1, 0.15) is 44.5 Å². The van der Waals surface area contributed by atoms with Gasteiger partial charge in [0.1, 0.15) is 0 Å². The lowest BCUT2D eigenvalue weighted by Gasteiger charge is -2.34. The molecule has 0 saturated heterocycles. The third-order valence-corrected chi connectivity index (χ3v) is 5.82. The van der Waals surface area contributed by atoms with E-state index in [-0.39, 0.29) is 5.91 Å². The van der Waals surface area contributed by atoms with Crippen molar-refractivity contribution in [2.24, 2.45) is 11.8 Å². The highest BCUT2D eigenvalue weighted by Crippen LogP contribution is 2.29. The molecule has 1 fully saturated rings. The number of carbonyl (C=O) groups excluding carboxylic acids is 1. The number of rotatable bonds is 4. The van der Waals surface area contributed by atoms with Gasteiger partial charge in [0.15, 0.2) is 0 Å². The van der Waals surface area contributed by atoms with E-state index in [4.69, 9.17) is 0 Å². The Kier molecular flexibility index (Phi) is 5.08. The molecule has 24 heavy (non-hydrogen) atoms. The standard InChI is InChI=1S/C17H25N5OS/c1-10-6-5-7-14(13(10)4)19-15(23)9-24-17-20-16-18-11(2)8-12(3)22(16)21-17/h8,10,13-14H,5-7,9H2,1-4H3,(H,19,23)/t10-,13-,14-/m0/s1. The quantitative estimate of drug-likeness (QED) is 0.861. The van der Waals surface area contributed by atoms with E-state index >= 15 is 0 Å². The van der Waals surface area contributed by atoms with Gasteiger partial charge in [0.05, 0.1) is 5.75 Å². The molecular formula is C17H25N5OS. The fraction of sp³-hybridized carbons (Fsp3) is 0.647. The van der Waals surface area contributed by atoms with Crippen molar-refractivity contribution in [2.75, 3.05) is 5.75 Å². The molecule has 2 heterocycles. The lowest BCUT2D eigenvalue weighted by Crippen LogP contribution is -2.44. The lowest BCUT2D eigenvalue weighted by molar-refractivity contribution is -0.120. The Hall–Kier alpha value is -1.63. The summed E-state index contributed by atoms with van der Waals surface area (Å²) in [4.78, 5) is 21.0. The van der Waals surface area contributed by atoms with Crippen LogP contribution in [-0.4, -0.2) is 37.3 Å². The number of aromatic nitrogens is 4. The first-order valence-corrected chi connectivity index (χ1v) is 9.56. The molecule has 0 bridgehead atoms. The van der Waals surface area contributed by atoms with Gasteiger partial charge in [-0.25, -0.2) is 9.50 Å². The SMILES string of the molecule is Cc1cc(C)n2nc(SCC(=O)N[C@H]3CCC[C@H](C)[C@@H]3C)nc2n1. The second-order valence-corrected chi connectivity index (χ2v) is 7.82. The fourth-order valence-corrected chi connectivity index (χ4v) is 4.00. The predicted molar refractivity (Wildman–Crippen MR) is 95.1 cm³/mol. The minimum atomic E-state index is 0.0608. The van der Waals surface area contributed by atoms with Crippen molar-refractivity contribution in [1.82, 2.24) is 24.9 Å². The lowest BCUT2D eigenvalue weighted by atomic mass is 9.78. The third-order valence-electron chi connectivity index (χ3n) is 4.98. The van der Waals surface area contributed by atoms with Crippen molar-refractivity contribution in [2.45, 2.75) is 58.2 Å². The molecule has 3 rings (SSSR count). The molecule has 1 N–H and O–H groups in total. The van der Waals surface area contributed by atoms with Gasteiger partial charge in [0.25, 0.3) is 5.78 Å². The smallest absolute Gasteiger partial charge is 0.253 e. The Bertz CT molecular complexity index is 744. The molecular weight excluding hydrogens is 322 g/mol. The van der Waals surface area contributed by atoms with Gasteiger partial charge in [-0.2, -0.15) is 4.98 Å². The minimum absolute atomic E-state index is 0.0608. The summed E-state index contributed by atoms with van der Waals surface area (Å²) in [5.41, 5.74) is 1.91. The van der Waals surface area contributed by atoms with Crippen LogP contribution in [0, 0.1) is 25.7 Å². The van der Waals surface area contributed by atoms with Crippen molar-refractivity contribution in [3.8, 4) is 0 Å². The van der Waals surface area contributed by atoms with Crippen LogP contribution in [0.2, 0.25) is 0 Å². The third kappa shape index (κ3) is 3.71. The number of aryl methyl sites for hydroxylation is 2. The summed E-state index contributed by atoms with van der Waals surface area (Å²) in [7, 11) is 0. The number of nitrogens with zero attached hydrogens (tertiary/aromatic N) is 4. The zero-order valence-electron chi connectivity index (χ0n) is 14.7. The summed E-state index contributed by atoms with van der Waals surface area (Å²) in [6, 6.07) is 2.26. The fourth-order valence-electron chi connectivity index (χ4n) is 3.37. The van der Waals surface area contributed by atoms with Gasteiger partial charge in [-0.15, -0.1) is 5.10 Å². The van der Waals surface area contributed by atoms with Crippen LogP contribution in [-0.2, 0) is 4.79 Å². The zero-order chi connectivity index (χ0) is 17.3. The number of amides is 1. The number of hydrogen-bond acceptors (Lipinski definition) is 5. The molecule has 130 valence electrons. The molecule has 1 amide bonds. The Morgan fingerprint density at radius 2 is 2.12 bits per heavy atom. The first kappa shape index (κ1) is 17.2. The molecule has 6 nitrogen and oxygen atoms in total. The number of fused-ring (bicyclic) bond motifs is 1. The average molecular weight is 347 g/mol. The highest BCUT2D eigenvalue weighted by Gasteiger charge is 2.28. The molecule has 1 aliphatic carbocycles. The van der Waals surface area contributed by atoms with Gasteiger partial charge < -0.3 is 5.32 Å². The van der Waals surface area contributed by atoms with Crippen molar-refractivity contribution in [3.05, 3.63) is 17.5 Å². The molecule has 0 aromatic carbocycles. The number of hydrogen-bond donors (Lipinski definition) is 1. The maximum absolute atomic E-state index is 12.3. The zero-order valence-corrected chi connectivity index (χ0v) is 15.6. The van der Waals surface area contributed by atoms with Crippen molar-refractivity contribution < 1.29 is 4.79 Å². The molecule has 1 aliphatic rings. The van der Waals surface area contributed by atoms with Gasteiger partial charge in [-0.1, -0.05) is 38.5 Å². The Labute approximate surface area is 146 Å². The summed E-state index contributed by atoms with van der Waals surface area (Å²) < 4.78 is 1.72. The van der Waals surface area contributed by atoms with Crippen LogP contribution in [0.15, 0.2) is 11.2 Å². The van der Waals surface area contributed by atoms with Gasteiger partial charge in [0.2, 0.25) is 11.1 Å². The summed E-state index contributed by atoms with van der Waals surface area (Å²) in [5.74, 6) is 2.20. The van der Waals surface area contributed by atoms with Crippen LogP contribution in [0.25, 0.3) is 5.78 Å². The Balaban J connectivity index is 1.59. The second-order valence-electron chi connectivity index (χ2n) is 6.88. The Morgan fingerprint density at radius 1 is 1.33 bits per heavy atom. The van der Waals surface area contributed by atoms with Crippen LogP contribution in [0.3, 0.4) is 0 Å². The van der Waals surface area contributed by atoms with E-state index in [0.717, 1.165) is 17.8 Å². The van der Waals surface area contributed by atoms with Gasteiger partial charge >= 0.3 is 0 Å². The monoisotopic (exact) mass is 347 g/mol. The summed E-state index contributed by atoms with van der Waals surface area (Å²) in [6.07, 6.45) is 3.54. The first-order chi connectivity index (χ1) is 11.4. The summed E-state index contributed by atoms with van der Waals surface area (Å²) >= 11 is 1.36. The van der Waals surface area contributed by atoms with Crippen LogP contribution < -0.4 is 5.32 Å². The van der Waals surface area contributed by atoms with Gasteiger partial charge in [-0.3, -0.25) is 4.79 Å². The van der Waals surface area contributed by atoms with Crippen molar-refractivity contribution in [1.29, 1.82) is 0 Å². The second kappa shape index (κ2) is 7.09. The predicted octanol–water partition coefficient (Wildman–Crippen LogP) is 2.77. The molecule has 0 unspecified atom stereocenters. The van der Waals surface area contributed by atoms with Gasteiger partial charge in [-0.05, 0) is 38.2 Å². The number of carbonyl (C=O) groups is 1. The maximum Gasteiger partial charge on any atom is 0.253 e. The number of nitrogens with one attached hydrogen (secondary N) is 1. The van der Waals surface area contributed by atoms with Crippen LogP contribution in [0.5, 0.6) is 0 Å². The largest absolute Gasteiger partial charge is 0.352 e. The highest BCUT2D eigenvalue weighted by atomic mass is 32.2. The van der Waals surface area contributed by atoms with Crippen LogP contribution >= 0.6 is 11.8 Å². The van der Waals surface area contributed by atoms with E-state index < -0.39 is 0 Å². The van der Waals surface area contributed by atoms with E-state index in [0.29, 0.717) is 34.6 Å². The average Bonchev–Trinajstić information content (AvgIpc) is 2.93. The molecule has 2 aromatic rings. The maximum atomic E-state index is 12.3. The molecule has 7 heteroatoms. The molecule has 2 aromatic heterocycles. The minimum Gasteiger partial charge on any atom is -0.352 e. The van der Waals surface area contributed by atoms with Crippen LogP contribution in [0.4, 0.5) is 0 Å². The van der Waals surface area contributed by atoms with Gasteiger partial charge in [0, 0.05) is 17.4 Å². The molecule has 0 spiro atoms. The highest BCUT2D eigenvalue weighted by molar-refractivity contribution is 7.99. The van der Waals surface area contributed by atoms with E-state index in [1.165, 1.54) is 24.6 Å². The van der Waals surface area contributed by atoms with E-state index in [1.54, 1.807) is 4.52 Å². The molecule has 0 radical (unpaired) electrons. The van der Waals surface area contributed by atoms with E-state index in [2.05, 4.69) is 34.2 Å². The summed E-state index contributed by atoms with van der Waals surface area (Å²) in [5, 5.41) is 8.20. The molecule has 3 atom stereocenters. The van der Waals surface area contributed by atoms with E-state index in [9.17, 15) is 4.79 Å². The topological polar surface area (TPSA) is 72.2 Å². The first-order valence-electron chi connectivity index (χ1n) is 8.57. The molecule has 0 aliphatic heterocycles. The Morgan fingerprint density at radius 3 is 2.92 bits per heavy atom.